The van der Waals surface area contributed by atoms with Crippen LogP contribution in [0.15, 0.2) is 16.8 Å². The van der Waals surface area contributed by atoms with E-state index >= 15 is 0 Å². The lowest BCUT2D eigenvalue weighted by Crippen LogP contribution is -1.94. The zero-order chi connectivity index (χ0) is 14.3. The normalized spacial score (nSPS) is 11.1. The van der Waals surface area contributed by atoms with Crippen molar-refractivity contribution in [1.82, 2.24) is 0 Å². The third kappa shape index (κ3) is 10.4. The number of hydrogen-bond acceptors (Lipinski definition) is 2. The van der Waals surface area contributed by atoms with Gasteiger partial charge >= 0.3 is 0 Å². The maximum Gasteiger partial charge on any atom is 0.0724 e. The molecular formula is C18H32OS. The average Bonchev–Trinajstić information content (AvgIpc) is 2.97. The smallest absolute Gasteiger partial charge is 0.0724 e. The van der Waals surface area contributed by atoms with Crippen LogP contribution < -0.4 is 0 Å². The molecule has 0 radical (unpaired) electrons. The van der Waals surface area contributed by atoms with E-state index in [1.807, 2.05) is 0 Å². The second-order valence-corrected chi connectivity index (χ2v) is 6.50. The average molecular weight is 297 g/mol. The van der Waals surface area contributed by atoms with Crippen LogP contribution in [0, 0.1) is 0 Å². The summed E-state index contributed by atoms with van der Waals surface area (Å²) in [6.45, 7) is 4.00. The first kappa shape index (κ1) is 17.7. The van der Waals surface area contributed by atoms with E-state index in [9.17, 15) is 0 Å². The Balaban J connectivity index is 1.70. The zero-order valence-electron chi connectivity index (χ0n) is 13.2. The van der Waals surface area contributed by atoms with Gasteiger partial charge in [-0.25, -0.2) is 0 Å². The molecule has 0 amide bonds. The van der Waals surface area contributed by atoms with Crippen molar-refractivity contribution in [3.8, 4) is 0 Å². The van der Waals surface area contributed by atoms with Gasteiger partial charge in [0.1, 0.15) is 0 Å². The predicted octanol–water partition coefficient (Wildman–Crippen LogP) is 6.58. The van der Waals surface area contributed by atoms with E-state index in [2.05, 4.69) is 23.8 Å². The number of rotatable bonds is 14. The van der Waals surface area contributed by atoms with E-state index < -0.39 is 0 Å². The Morgan fingerprint density at radius 2 is 1.45 bits per heavy atom. The van der Waals surface area contributed by atoms with Gasteiger partial charge in [-0.2, -0.15) is 11.3 Å². The van der Waals surface area contributed by atoms with Crippen LogP contribution in [-0.2, 0) is 11.3 Å². The third-order valence-corrected chi connectivity index (χ3v) is 4.47. The summed E-state index contributed by atoms with van der Waals surface area (Å²) in [5, 5.41) is 4.28. The van der Waals surface area contributed by atoms with Crippen LogP contribution in [0.25, 0.3) is 0 Å². The van der Waals surface area contributed by atoms with Crippen LogP contribution >= 0.6 is 11.3 Å². The highest BCUT2D eigenvalue weighted by Crippen LogP contribution is 2.12. The molecule has 0 fully saturated rings. The van der Waals surface area contributed by atoms with Crippen molar-refractivity contribution in [2.75, 3.05) is 6.61 Å². The number of hydrogen-bond donors (Lipinski definition) is 0. The maximum atomic E-state index is 5.67. The van der Waals surface area contributed by atoms with Crippen LogP contribution in [0.2, 0.25) is 0 Å². The van der Waals surface area contributed by atoms with Gasteiger partial charge in [-0.1, -0.05) is 71.1 Å². The second-order valence-electron chi connectivity index (χ2n) is 5.72. The molecule has 2 heteroatoms. The fourth-order valence-corrected chi connectivity index (χ4v) is 3.09. The Labute approximate surface area is 129 Å². The van der Waals surface area contributed by atoms with Gasteiger partial charge in [-0.05, 0) is 28.8 Å². The molecule has 1 nitrogen and oxygen atoms in total. The Hall–Kier alpha value is -0.340. The highest BCUT2D eigenvalue weighted by atomic mass is 32.1. The second kappa shape index (κ2) is 13.6. The van der Waals surface area contributed by atoms with Crippen molar-refractivity contribution in [2.45, 2.75) is 84.2 Å². The molecule has 0 N–H and O–H groups in total. The van der Waals surface area contributed by atoms with Gasteiger partial charge in [0.25, 0.3) is 0 Å². The highest BCUT2D eigenvalue weighted by molar-refractivity contribution is 7.07. The Morgan fingerprint density at radius 1 is 0.850 bits per heavy atom. The first-order chi connectivity index (χ1) is 9.93. The van der Waals surface area contributed by atoms with Crippen molar-refractivity contribution in [2.24, 2.45) is 0 Å². The van der Waals surface area contributed by atoms with Crippen LogP contribution in [0.4, 0.5) is 0 Å². The topological polar surface area (TPSA) is 9.23 Å². The molecular weight excluding hydrogens is 264 g/mol. The minimum Gasteiger partial charge on any atom is -0.377 e. The summed E-state index contributed by atoms with van der Waals surface area (Å²) in [6.07, 6.45) is 15.3. The lowest BCUT2D eigenvalue weighted by atomic mass is 10.1. The van der Waals surface area contributed by atoms with E-state index in [1.54, 1.807) is 11.3 Å². The summed E-state index contributed by atoms with van der Waals surface area (Å²) < 4.78 is 5.67. The zero-order valence-corrected chi connectivity index (χ0v) is 14.1. The Morgan fingerprint density at radius 3 is 2.00 bits per heavy atom. The Bertz CT molecular complexity index is 282. The number of ether oxygens (including phenoxy) is 1. The highest BCUT2D eigenvalue weighted by Gasteiger charge is 1.95. The van der Waals surface area contributed by atoms with E-state index in [4.69, 9.17) is 4.74 Å². The quantitative estimate of drug-likeness (QED) is 0.352. The van der Waals surface area contributed by atoms with Gasteiger partial charge in [0, 0.05) is 6.61 Å². The fraction of sp³-hybridized carbons (Fsp3) is 0.778. The maximum absolute atomic E-state index is 5.67. The minimum atomic E-state index is 0.793. The largest absolute Gasteiger partial charge is 0.377 e. The molecule has 1 rings (SSSR count). The summed E-state index contributed by atoms with van der Waals surface area (Å²) in [7, 11) is 0. The molecule has 0 spiro atoms. The third-order valence-electron chi connectivity index (χ3n) is 3.74. The van der Waals surface area contributed by atoms with Gasteiger partial charge in [0.2, 0.25) is 0 Å². The summed E-state index contributed by atoms with van der Waals surface area (Å²) in [6, 6.07) is 2.14. The van der Waals surface area contributed by atoms with Gasteiger partial charge in [-0.3, -0.25) is 0 Å². The molecule has 0 aliphatic carbocycles. The molecule has 0 atom stereocenters. The first-order valence-electron chi connectivity index (χ1n) is 8.52. The summed E-state index contributed by atoms with van der Waals surface area (Å²) in [5.41, 5.74) is 1.32. The van der Waals surface area contributed by atoms with E-state index in [-0.39, 0.29) is 0 Å². The van der Waals surface area contributed by atoms with Crippen molar-refractivity contribution in [3.05, 3.63) is 22.4 Å². The first-order valence-corrected chi connectivity index (χ1v) is 9.46. The van der Waals surface area contributed by atoms with Crippen LogP contribution in [0.5, 0.6) is 0 Å². The van der Waals surface area contributed by atoms with E-state index in [0.29, 0.717) is 0 Å². The van der Waals surface area contributed by atoms with Gasteiger partial charge in [0.05, 0.1) is 6.61 Å². The summed E-state index contributed by atoms with van der Waals surface area (Å²) in [5.74, 6) is 0. The van der Waals surface area contributed by atoms with E-state index in [0.717, 1.165) is 13.2 Å². The van der Waals surface area contributed by atoms with E-state index in [1.165, 1.54) is 76.2 Å². The number of thiophene rings is 1. The molecule has 0 unspecified atom stereocenters. The standard InChI is InChI=1S/C18H32OS/c1-2-3-4-5-6-7-8-9-10-11-12-14-19-16-18-13-15-20-17-18/h13,15,17H,2-12,14,16H2,1H3. The van der Waals surface area contributed by atoms with Crippen LogP contribution in [-0.4, -0.2) is 6.61 Å². The lowest BCUT2D eigenvalue weighted by Gasteiger charge is -2.04. The molecule has 20 heavy (non-hydrogen) atoms. The van der Waals surface area contributed by atoms with Crippen LogP contribution in [0.3, 0.4) is 0 Å². The minimum absolute atomic E-state index is 0.793. The summed E-state index contributed by atoms with van der Waals surface area (Å²) >= 11 is 1.75. The molecule has 1 aromatic heterocycles. The van der Waals surface area contributed by atoms with Gasteiger partial charge in [-0.15, -0.1) is 0 Å². The molecule has 0 saturated heterocycles. The molecule has 0 aliphatic heterocycles. The van der Waals surface area contributed by atoms with Crippen molar-refractivity contribution in [1.29, 1.82) is 0 Å². The molecule has 116 valence electrons. The number of unbranched alkanes of at least 4 members (excludes halogenated alkanes) is 10. The van der Waals surface area contributed by atoms with Gasteiger partial charge < -0.3 is 4.74 Å². The molecule has 0 bridgehead atoms. The fourth-order valence-electron chi connectivity index (χ4n) is 2.43. The van der Waals surface area contributed by atoms with Gasteiger partial charge in [0.15, 0.2) is 0 Å². The van der Waals surface area contributed by atoms with Crippen molar-refractivity contribution < 1.29 is 4.74 Å². The molecule has 1 aromatic rings. The lowest BCUT2D eigenvalue weighted by molar-refractivity contribution is 0.117. The van der Waals surface area contributed by atoms with Crippen LogP contribution in [0.1, 0.15) is 83.1 Å². The monoisotopic (exact) mass is 296 g/mol. The molecule has 0 aliphatic rings. The predicted molar refractivity (Wildman–Crippen MR) is 90.4 cm³/mol. The SMILES string of the molecule is CCCCCCCCCCCCCOCc1ccsc1. The van der Waals surface area contributed by atoms with Crippen molar-refractivity contribution in [3.63, 3.8) is 0 Å². The molecule has 1 heterocycles. The molecule has 0 aromatic carbocycles. The Kier molecular flexibility index (Phi) is 12.1. The summed E-state index contributed by atoms with van der Waals surface area (Å²) in [4.78, 5) is 0. The molecule has 0 saturated carbocycles. The van der Waals surface area contributed by atoms with Crippen molar-refractivity contribution >= 4 is 11.3 Å².